The van der Waals surface area contributed by atoms with Crippen molar-refractivity contribution in [3.05, 3.63) is 36.0 Å². The Bertz CT molecular complexity index is 862. The van der Waals surface area contributed by atoms with Gasteiger partial charge in [0.15, 0.2) is 0 Å². The molecule has 1 heteroatoms. The highest BCUT2D eigenvalue weighted by Crippen LogP contribution is 2.74. The number of hydrogen-bond acceptors (Lipinski definition) is 1. The van der Waals surface area contributed by atoms with Gasteiger partial charge in [-0.15, -0.1) is 0 Å². The highest BCUT2D eigenvalue weighted by Gasteiger charge is 2.66. The van der Waals surface area contributed by atoms with Gasteiger partial charge in [-0.2, -0.15) is 0 Å². The molecule has 0 aliphatic heterocycles. The van der Waals surface area contributed by atoms with Crippen LogP contribution in [0.5, 0.6) is 0 Å². The summed E-state index contributed by atoms with van der Waals surface area (Å²) in [7, 11) is 0. The largest absolute Gasteiger partial charge is 0.393 e. The molecule has 0 amide bonds. The SMILES string of the molecule is C=C1CC[C@]2(C)CC[C@]3(C)C(=CC[C@@H]4[C@@]5(C)CC[C@@H](O)C(C)(C)[C@@H]5C=C[C@]43C)[C@H]2[C@H]1C. The van der Waals surface area contributed by atoms with Crippen LogP contribution in [-0.2, 0) is 0 Å². The summed E-state index contributed by atoms with van der Waals surface area (Å²) < 4.78 is 0. The lowest BCUT2D eigenvalue weighted by Crippen LogP contribution is -2.62. The molecule has 31 heavy (non-hydrogen) atoms. The molecule has 0 aromatic carbocycles. The van der Waals surface area contributed by atoms with Crippen molar-refractivity contribution in [2.24, 2.45) is 50.7 Å². The van der Waals surface area contributed by atoms with Gasteiger partial charge < -0.3 is 5.11 Å². The summed E-state index contributed by atoms with van der Waals surface area (Å²) in [5.41, 5.74) is 4.34. The molecule has 0 unspecified atom stereocenters. The third kappa shape index (κ3) is 2.54. The molecule has 5 aliphatic carbocycles. The summed E-state index contributed by atoms with van der Waals surface area (Å²) in [5.74, 6) is 2.38. The lowest BCUT2D eigenvalue weighted by molar-refractivity contribution is -0.149. The van der Waals surface area contributed by atoms with E-state index in [4.69, 9.17) is 0 Å². The Hall–Kier alpha value is -0.820. The zero-order chi connectivity index (χ0) is 22.6. The van der Waals surface area contributed by atoms with Crippen molar-refractivity contribution in [2.45, 2.75) is 99.5 Å². The number of rotatable bonds is 0. The minimum atomic E-state index is -0.186. The topological polar surface area (TPSA) is 20.2 Å². The van der Waals surface area contributed by atoms with Crippen LogP contribution in [-0.4, -0.2) is 11.2 Å². The number of aliphatic hydroxyl groups is 1. The second kappa shape index (κ2) is 6.40. The first-order chi connectivity index (χ1) is 14.3. The second-order valence-electron chi connectivity index (χ2n) is 13.9. The van der Waals surface area contributed by atoms with Gasteiger partial charge in [-0.25, -0.2) is 0 Å². The Morgan fingerprint density at radius 2 is 1.71 bits per heavy atom. The van der Waals surface area contributed by atoms with Gasteiger partial charge in [0.2, 0.25) is 0 Å². The Balaban J connectivity index is 1.62. The van der Waals surface area contributed by atoms with E-state index in [1.54, 1.807) is 5.57 Å². The third-order valence-corrected chi connectivity index (χ3v) is 12.3. The molecule has 1 nitrogen and oxygen atoms in total. The Morgan fingerprint density at radius 3 is 2.42 bits per heavy atom. The summed E-state index contributed by atoms with van der Waals surface area (Å²) >= 11 is 0. The normalized spacial score (nSPS) is 55.4. The molecule has 0 heterocycles. The molecule has 0 bridgehead atoms. The molecule has 0 spiro atoms. The van der Waals surface area contributed by atoms with E-state index in [0.717, 1.165) is 12.8 Å². The summed E-state index contributed by atoms with van der Waals surface area (Å²) in [5, 5.41) is 10.8. The van der Waals surface area contributed by atoms with Crippen LogP contribution in [0.15, 0.2) is 36.0 Å². The van der Waals surface area contributed by atoms with Gasteiger partial charge in [-0.05, 0) is 95.7 Å². The number of fused-ring (bicyclic) bond motifs is 7. The van der Waals surface area contributed by atoms with E-state index < -0.39 is 0 Å². The second-order valence-corrected chi connectivity index (χ2v) is 13.9. The molecule has 0 aromatic rings. The number of aliphatic hydroxyl groups excluding tert-OH is 1. The molecule has 9 atom stereocenters. The van der Waals surface area contributed by atoms with E-state index in [1.165, 1.54) is 37.7 Å². The van der Waals surface area contributed by atoms with Crippen molar-refractivity contribution in [2.75, 3.05) is 0 Å². The van der Waals surface area contributed by atoms with E-state index in [1.807, 2.05) is 0 Å². The fraction of sp³-hybridized carbons (Fsp3) is 0.800. The van der Waals surface area contributed by atoms with E-state index in [9.17, 15) is 5.11 Å². The highest BCUT2D eigenvalue weighted by molar-refractivity contribution is 5.39. The summed E-state index contributed by atoms with van der Waals surface area (Å²) in [6.07, 6.45) is 16.2. The smallest absolute Gasteiger partial charge is 0.0597 e. The van der Waals surface area contributed by atoms with Crippen LogP contribution in [0.1, 0.15) is 93.4 Å². The lowest BCUT2D eigenvalue weighted by Gasteiger charge is -2.69. The van der Waals surface area contributed by atoms with Crippen LogP contribution in [0.3, 0.4) is 0 Å². The van der Waals surface area contributed by atoms with Gasteiger partial charge in [-0.3, -0.25) is 0 Å². The quantitative estimate of drug-likeness (QED) is 0.396. The van der Waals surface area contributed by atoms with E-state index in [-0.39, 0.29) is 27.8 Å². The fourth-order valence-corrected chi connectivity index (χ4v) is 9.87. The predicted molar refractivity (Wildman–Crippen MR) is 131 cm³/mol. The molecule has 0 radical (unpaired) electrons. The maximum absolute atomic E-state index is 10.8. The van der Waals surface area contributed by atoms with Crippen molar-refractivity contribution < 1.29 is 5.11 Å². The molecule has 0 saturated heterocycles. The monoisotopic (exact) mass is 422 g/mol. The molecule has 5 rings (SSSR count). The van der Waals surface area contributed by atoms with Crippen molar-refractivity contribution in [3.63, 3.8) is 0 Å². The van der Waals surface area contributed by atoms with Crippen LogP contribution < -0.4 is 0 Å². The first-order valence-corrected chi connectivity index (χ1v) is 13.1. The van der Waals surface area contributed by atoms with Crippen molar-refractivity contribution in [1.29, 1.82) is 0 Å². The molecular weight excluding hydrogens is 376 g/mol. The summed E-state index contributed by atoms with van der Waals surface area (Å²) in [6.45, 7) is 21.9. The van der Waals surface area contributed by atoms with Crippen LogP contribution in [0.25, 0.3) is 0 Å². The highest BCUT2D eigenvalue weighted by atomic mass is 16.3. The maximum atomic E-state index is 10.8. The minimum Gasteiger partial charge on any atom is -0.393 e. The van der Waals surface area contributed by atoms with Gasteiger partial charge in [0.25, 0.3) is 0 Å². The number of hydrogen-bond donors (Lipinski definition) is 1. The zero-order valence-corrected chi connectivity index (χ0v) is 21.2. The molecular formula is C30H46O. The van der Waals surface area contributed by atoms with Gasteiger partial charge in [0.05, 0.1) is 6.10 Å². The van der Waals surface area contributed by atoms with Crippen LogP contribution in [0.2, 0.25) is 0 Å². The Labute approximate surface area is 191 Å². The van der Waals surface area contributed by atoms with Crippen molar-refractivity contribution >= 4 is 0 Å². The molecule has 172 valence electrons. The summed E-state index contributed by atoms with van der Waals surface area (Å²) in [4.78, 5) is 0. The van der Waals surface area contributed by atoms with Gasteiger partial charge in [-0.1, -0.05) is 84.4 Å². The molecule has 0 aromatic heterocycles. The van der Waals surface area contributed by atoms with Crippen LogP contribution in [0.4, 0.5) is 0 Å². The maximum Gasteiger partial charge on any atom is 0.0597 e. The molecule has 3 saturated carbocycles. The van der Waals surface area contributed by atoms with Gasteiger partial charge >= 0.3 is 0 Å². The van der Waals surface area contributed by atoms with E-state index in [0.29, 0.717) is 29.1 Å². The number of allylic oxidation sites excluding steroid dienone is 5. The lowest BCUT2D eigenvalue weighted by atomic mass is 9.35. The molecule has 1 N–H and O–H groups in total. The predicted octanol–water partition coefficient (Wildman–Crippen LogP) is 7.72. The van der Waals surface area contributed by atoms with Crippen LogP contribution in [0, 0.1) is 50.7 Å². The average molecular weight is 423 g/mol. The van der Waals surface area contributed by atoms with E-state index >= 15 is 0 Å². The van der Waals surface area contributed by atoms with Gasteiger partial charge in [0, 0.05) is 0 Å². The molecule has 5 aliphatic rings. The standard InChI is InChI=1S/C30H46O/c1-19-11-14-27(5)17-18-29(7)21(25(27)20(19)2)9-10-23-28(6)15-13-24(31)26(3,4)22(28)12-16-30(23,29)8/h9,12,16,20,22-25,31H,1,10-11,13-15,17-18H2,2-8H3/t20-,22-,23+,24+,25+,27+,28-,29+,30+/m0/s1. The summed E-state index contributed by atoms with van der Waals surface area (Å²) in [6, 6.07) is 0. The first kappa shape index (κ1) is 22.0. The van der Waals surface area contributed by atoms with E-state index in [2.05, 4.69) is 73.3 Å². The minimum absolute atomic E-state index is 0.0451. The van der Waals surface area contributed by atoms with Crippen molar-refractivity contribution in [1.82, 2.24) is 0 Å². The first-order valence-electron chi connectivity index (χ1n) is 13.1. The average Bonchev–Trinajstić information content (AvgIpc) is 2.69. The molecule has 3 fully saturated rings. The van der Waals surface area contributed by atoms with Gasteiger partial charge in [0.1, 0.15) is 0 Å². The Morgan fingerprint density at radius 1 is 1.00 bits per heavy atom. The van der Waals surface area contributed by atoms with Crippen LogP contribution >= 0.6 is 0 Å². The Kier molecular flexibility index (Phi) is 4.54. The fourth-order valence-electron chi connectivity index (χ4n) is 9.87. The third-order valence-electron chi connectivity index (χ3n) is 12.3. The van der Waals surface area contributed by atoms with Crippen molar-refractivity contribution in [3.8, 4) is 0 Å². The zero-order valence-electron chi connectivity index (χ0n) is 21.2.